The van der Waals surface area contributed by atoms with Gasteiger partial charge >= 0.3 is 20.0 Å². The van der Waals surface area contributed by atoms with E-state index in [0.717, 1.165) is 7.11 Å². The molecule has 0 saturated heterocycles. The van der Waals surface area contributed by atoms with Crippen LogP contribution in [-0.4, -0.2) is 37.2 Å². The van der Waals surface area contributed by atoms with Gasteiger partial charge < -0.3 is 9.47 Å². The van der Waals surface area contributed by atoms with E-state index in [0.29, 0.717) is 0 Å². The molecule has 0 saturated carbocycles. The average Bonchev–Trinajstić information content (AvgIpc) is 2.14. The van der Waals surface area contributed by atoms with Crippen molar-refractivity contribution in [1.29, 1.82) is 0 Å². The van der Waals surface area contributed by atoms with E-state index in [1.807, 2.05) is 0 Å². The summed E-state index contributed by atoms with van der Waals surface area (Å²) in [6.07, 6.45) is -0.540. The lowest BCUT2D eigenvalue weighted by atomic mass is 10.1. The zero-order valence-electron chi connectivity index (χ0n) is 7.93. The smallest absolute Gasteiger partial charge is 0.469 e. The Balaban J connectivity index is 4.31. The Hall–Kier alpha value is -1.00. The normalized spacial score (nSPS) is 12.9. The van der Waals surface area contributed by atoms with Crippen molar-refractivity contribution in [1.82, 2.24) is 0 Å². The summed E-state index contributed by atoms with van der Waals surface area (Å²) in [5.41, 5.74) is 0. The molecular formula is C7H12O6P+. The van der Waals surface area contributed by atoms with Crippen molar-refractivity contribution in [2.75, 3.05) is 20.4 Å². The molecule has 1 N–H and O–H groups in total. The first-order valence-corrected chi connectivity index (χ1v) is 5.19. The van der Waals surface area contributed by atoms with Crippen LogP contribution in [0.15, 0.2) is 0 Å². The summed E-state index contributed by atoms with van der Waals surface area (Å²) < 4.78 is 19.2. The molecule has 14 heavy (non-hydrogen) atoms. The van der Waals surface area contributed by atoms with Crippen LogP contribution in [0.5, 0.6) is 0 Å². The van der Waals surface area contributed by atoms with Crippen molar-refractivity contribution in [2.24, 2.45) is 5.92 Å². The summed E-state index contributed by atoms with van der Waals surface area (Å²) in [6.45, 7) is 0. The van der Waals surface area contributed by atoms with Crippen LogP contribution in [0, 0.1) is 5.92 Å². The summed E-state index contributed by atoms with van der Waals surface area (Å²) in [6, 6.07) is 0. The minimum absolute atomic E-state index is 0.245. The molecule has 2 atom stereocenters. The van der Waals surface area contributed by atoms with Crippen LogP contribution >= 0.6 is 8.03 Å². The van der Waals surface area contributed by atoms with Crippen LogP contribution in [0.2, 0.25) is 0 Å². The van der Waals surface area contributed by atoms with E-state index >= 15 is 0 Å². The fraction of sp³-hybridized carbons (Fsp3) is 0.714. The molecule has 0 heterocycles. The maximum atomic E-state index is 11.0. The first-order chi connectivity index (χ1) is 6.51. The number of esters is 2. The summed E-state index contributed by atoms with van der Waals surface area (Å²) in [7, 11) is -0.146. The number of hydrogen-bond donors (Lipinski definition) is 1. The molecular weight excluding hydrogens is 211 g/mol. The van der Waals surface area contributed by atoms with Gasteiger partial charge in [-0.05, 0) is 4.57 Å². The van der Waals surface area contributed by atoms with Gasteiger partial charge in [0.2, 0.25) is 0 Å². The molecule has 0 fully saturated rings. The fourth-order valence-electron chi connectivity index (χ4n) is 0.862. The highest BCUT2D eigenvalue weighted by atomic mass is 31.1. The third kappa shape index (κ3) is 4.89. The highest BCUT2D eigenvalue weighted by Crippen LogP contribution is 2.21. The van der Waals surface area contributed by atoms with Gasteiger partial charge in [-0.3, -0.25) is 9.59 Å². The SMILES string of the molecule is COC(=O)CC(C[P+](=O)O)C(=O)OC. The number of ether oxygens (including phenoxy) is 2. The average molecular weight is 223 g/mol. The molecule has 0 radical (unpaired) electrons. The Kier molecular flexibility index (Phi) is 5.99. The van der Waals surface area contributed by atoms with Crippen LogP contribution in [0.4, 0.5) is 0 Å². The van der Waals surface area contributed by atoms with Gasteiger partial charge in [0.25, 0.3) is 0 Å². The molecule has 0 aromatic heterocycles. The third-order valence-electron chi connectivity index (χ3n) is 1.55. The van der Waals surface area contributed by atoms with Gasteiger partial charge in [-0.15, -0.1) is 0 Å². The first kappa shape index (κ1) is 13.0. The minimum atomic E-state index is -2.47. The van der Waals surface area contributed by atoms with Crippen LogP contribution in [0.3, 0.4) is 0 Å². The van der Waals surface area contributed by atoms with E-state index in [1.54, 1.807) is 0 Å². The van der Waals surface area contributed by atoms with Crippen molar-refractivity contribution in [3.63, 3.8) is 0 Å². The molecule has 80 valence electrons. The monoisotopic (exact) mass is 223 g/mol. The van der Waals surface area contributed by atoms with Crippen molar-refractivity contribution in [2.45, 2.75) is 6.42 Å². The molecule has 0 rings (SSSR count). The highest BCUT2D eigenvalue weighted by molar-refractivity contribution is 7.38. The first-order valence-electron chi connectivity index (χ1n) is 3.79. The van der Waals surface area contributed by atoms with Crippen LogP contribution in [0.25, 0.3) is 0 Å². The van der Waals surface area contributed by atoms with Gasteiger partial charge in [0, 0.05) is 0 Å². The van der Waals surface area contributed by atoms with Gasteiger partial charge in [0.05, 0.1) is 20.6 Å². The molecule has 0 bridgehead atoms. The zero-order valence-corrected chi connectivity index (χ0v) is 8.82. The third-order valence-corrected chi connectivity index (χ3v) is 2.30. The quantitative estimate of drug-likeness (QED) is 0.524. The molecule has 0 aliphatic rings. The lowest BCUT2D eigenvalue weighted by molar-refractivity contribution is -0.151. The number of rotatable bonds is 5. The fourth-order valence-corrected chi connectivity index (χ4v) is 1.52. The molecule has 0 aliphatic carbocycles. The van der Waals surface area contributed by atoms with Crippen LogP contribution < -0.4 is 0 Å². The predicted molar refractivity (Wildman–Crippen MR) is 46.8 cm³/mol. The Bertz CT molecular complexity index is 238. The largest absolute Gasteiger partial charge is 0.506 e. The summed E-state index contributed by atoms with van der Waals surface area (Å²) in [5.74, 6) is -2.22. The second kappa shape index (κ2) is 6.45. The lowest BCUT2D eigenvalue weighted by Gasteiger charge is -2.06. The molecule has 0 aromatic carbocycles. The van der Waals surface area contributed by atoms with Crippen LogP contribution in [-0.2, 0) is 23.6 Å². The van der Waals surface area contributed by atoms with Crippen molar-refractivity contribution in [3.05, 3.63) is 0 Å². The van der Waals surface area contributed by atoms with E-state index in [2.05, 4.69) is 9.47 Å². The predicted octanol–water partition coefficient (Wildman–Crippen LogP) is 0.0734. The topological polar surface area (TPSA) is 89.9 Å². The maximum absolute atomic E-state index is 11.0. The Morgan fingerprint density at radius 3 is 2.29 bits per heavy atom. The highest BCUT2D eigenvalue weighted by Gasteiger charge is 2.31. The number of carbonyl (C=O) groups excluding carboxylic acids is 2. The van der Waals surface area contributed by atoms with Crippen molar-refractivity contribution in [3.8, 4) is 0 Å². The second-order valence-corrected chi connectivity index (χ2v) is 3.60. The summed E-state index contributed by atoms with van der Waals surface area (Å²) in [4.78, 5) is 30.4. The molecule has 0 aromatic rings. The van der Waals surface area contributed by atoms with E-state index in [4.69, 9.17) is 4.89 Å². The summed E-state index contributed by atoms with van der Waals surface area (Å²) in [5, 5.41) is 0. The van der Waals surface area contributed by atoms with E-state index in [-0.39, 0.29) is 12.6 Å². The number of hydrogen-bond acceptors (Lipinski definition) is 5. The molecule has 0 spiro atoms. The van der Waals surface area contributed by atoms with E-state index in [1.165, 1.54) is 7.11 Å². The number of carbonyl (C=O) groups is 2. The van der Waals surface area contributed by atoms with E-state index < -0.39 is 25.9 Å². The second-order valence-electron chi connectivity index (χ2n) is 2.54. The van der Waals surface area contributed by atoms with Crippen molar-refractivity contribution < 1.29 is 28.5 Å². The number of methoxy groups -OCH3 is 2. The van der Waals surface area contributed by atoms with Gasteiger partial charge in [0.15, 0.2) is 6.16 Å². The Morgan fingerprint density at radius 2 is 1.93 bits per heavy atom. The Labute approximate surface area is 82.1 Å². The summed E-state index contributed by atoms with van der Waals surface area (Å²) >= 11 is 0. The minimum Gasteiger partial charge on any atom is -0.469 e. The maximum Gasteiger partial charge on any atom is 0.506 e. The van der Waals surface area contributed by atoms with Crippen molar-refractivity contribution >= 4 is 20.0 Å². The van der Waals surface area contributed by atoms with Gasteiger partial charge in [0.1, 0.15) is 5.92 Å². The van der Waals surface area contributed by atoms with Crippen LogP contribution in [0.1, 0.15) is 6.42 Å². The van der Waals surface area contributed by atoms with Gasteiger partial charge in [-0.25, -0.2) is 0 Å². The molecule has 2 unspecified atom stereocenters. The lowest BCUT2D eigenvalue weighted by Crippen LogP contribution is -2.22. The molecule has 7 heteroatoms. The zero-order chi connectivity index (χ0) is 11.1. The standard InChI is InChI=1S/C7H11O6P/c1-12-6(8)3-5(4-14(10)11)7(9)13-2/h5H,3-4H2,1-2H3/p+1. The Morgan fingerprint density at radius 1 is 1.36 bits per heavy atom. The van der Waals surface area contributed by atoms with E-state index in [9.17, 15) is 14.2 Å². The molecule has 6 nitrogen and oxygen atoms in total. The van der Waals surface area contributed by atoms with Gasteiger partial charge in [-0.2, -0.15) is 4.89 Å². The molecule has 0 amide bonds. The molecule has 0 aliphatic heterocycles. The van der Waals surface area contributed by atoms with Gasteiger partial charge in [-0.1, -0.05) is 0 Å².